The normalized spacial score (nSPS) is 14.2. The molecule has 0 radical (unpaired) electrons. The summed E-state index contributed by atoms with van der Waals surface area (Å²) in [7, 11) is -2.75. The summed E-state index contributed by atoms with van der Waals surface area (Å²) in [5.41, 5.74) is 1.46. The fourth-order valence-electron chi connectivity index (χ4n) is 3.14. The Bertz CT molecular complexity index is 1100. The van der Waals surface area contributed by atoms with Crippen LogP contribution in [-0.2, 0) is 19.5 Å². The van der Waals surface area contributed by atoms with Crippen molar-refractivity contribution in [3.8, 4) is 0 Å². The molecule has 2 aromatic rings. The number of sulfonamides is 1. The van der Waals surface area contributed by atoms with E-state index in [9.17, 15) is 18.0 Å². The standard InChI is InChI=1S/C21H24N2O6S2/c1-14-4-5-15(21(25)28-2)12-18(14)22-31(26,27)16-6-7-19(30-3)17(13-16)20(24)23-8-10-29-11-9-23/h4-7,12-13,22H,8-11H2,1-3H3. The maximum absolute atomic E-state index is 13.1. The van der Waals surface area contributed by atoms with Gasteiger partial charge in [0, 0.05) is 18.0 Å². The first kappa shape index (κ1) is 23.1. The third-order valence-electron chi connectivity index (χ3n) is 4.91. The quantitative estimate of drug-likeness (QED) is 0.518. The number of aryl methyl sites for hydroxylation is 1. The number of thioether (sulfide) groups is 1. The van der Waals surface area contributed by atoms with E-state index in [1.54, 1.807) is 30.0 Å². The van der Waals surface area contributed by atoms with E-state index in [2.05, 4.69) is 4.72 Å². The molecule has 31 heavy (non-hydrogen) atoms. The van der Waals surface area contributed by atoms with Crippen LogP contribution in [-0.4, -0.2) is 64.9 Å². The Hall–Kier alpha value is -2.56. The molecule has 1 saturated heterocycles. The van der Waals surface area contributed by atoms with Crippen molar-refractivity contribution in [2.45, 2.75) is 16.7 Å². The average Bonchev–Trinajstić information content (AvgIpc) is 2.79. The lowest BCUT2D eigenvalue weighted by molar-refractivity contribution is 0.0300. The first-order valence-corrected chi connectivity index (χ1v) is 12.2. The highest BCUT2D eigenvalue weighted by Gasteiger charge is 2.24. The van der Waals surface area contributed by atoms with Crippen molar-refractivity contribution in [3.63, 3.8) is 0 Å². The highest BCUT2D eigenvalue weighted by atomic mass is 32.2. The van der Waals surface area contributed by atoms with E-state index in [1.807, 2.05) is 6.26 Å². The van der Waals surface area contributed by atoms with E-state index >= 15 is 0 Å². The predicted molar refractivity (Wildman–Crippen MR) is 118 cm³/mol. The van der Waals surface area contributed by atoms with Crippen LogP contribution in [0.2, 0.25) is 0 Å². The molecule has 0 aliphatic carbocycles. The Balaban J connectivity index is 1.94. The number of carbonyl (C=O) groups is 2. The molecule has 1 aliphatic heterocycles. The van der Waals surface area contributed by atoms with Gasteiger partial charge in [0.05, 0.1) is 42.0 Å². The number of hydrogen-bond donors (Lipinski definition) is 1. The number of methoxy groups -OCH3 is 1. The highest BCUT2D eigenvalue weighted by molar-refractivity contribution is 7.98. The van der Waals surface area contributed by atoms with Crippen LogP contribution in [0.5, 0.6) is 0 Å². The first-order chi connectivity index (χ1) is 14.8. The molecular weight excluding hydrogens is 440 g/mol. The number of esters is 1. The molecule has 8 nitrogen and oxygen atoms in total. The largest absolute Gasteiger partial charge is 0.465 e. The smallest absolute Gasteiger partial charge is 0.337 e. The number of carbonyl (C=O) groups excluding carboxylic acids is 2. The minimum absolute atomic E-state index is 0.0372. The van der Waals surface area contributed by atoms with Crippen LogP contribution in [0, 0.1) is 6.92 Å². The molecule has 1 heterocycles. The molecule has 0 bridgehead atoms. The fraction of sp³-hybridized carbons (Fsp3) is 0.333. The second-order valence-corrected chi connectivity index (χ2v) is 9.42. The third kappa shape index (κ3) is 5.20. The van der Waals surface area contributed by atoms with E-state index in [0.717, 1.165) is 0 Å². The van der Waals surface area contributed by atoms with Crippen molar-refractivity contribution < 1.29 is 27.5 Å². The topological polar surface area (TPSA) is 102 Å². The second-order valence-electron chi connectivity index (χ2n) is 6.89. The van der Waals surface area contributed by atoms with Crippen LogP contribution in [0.15, 0.2) is 46.2 Å². The van der Waals surface area contributed by atoms with E-state index in [0.29, 0.717) is 42.3 Å². The second kappa shape index (κ2) is 9.71. The zero-order valence-electron chi connectivity index (χ0n) is 17.5. The van der Waals surface area contributed by atoms with Gasteiger partial charge in [-0.15, -0.1) is 11.8 Å². The number of ether oxygens (including phenoxy) is 2. The zero-order valence-corrected chi connectivity index (χ0v) is 19.1. The van der Waals surface area contributed by atoms with Crippen LogP contribution in [0.25, 0.3) is 0 Å². The van der Waals surface area contributed by atoms with Gasteiger partial charge in [0.2, 0.25) is 0 Å². The van der Waals surface area contributed by atoms with Gasteiger partial charge in [-0.05, 0) is 49.1 Å². The molecule has 0 saturated carbocycles. The van der Waals surface area contributed by atoms with Gasteiger partial charge in [0.25, 0.3) is 15.9 Å². The number of hydrogen-bond acceptors (Lipinski definition) is 7. The van der Waals surface area contributed by atoms with Gasteiger partial charge in [-0.2, -0.15) is 0 Å². The summed E-state index contributed by atoms with van der Waals surface area (Å²) in [6.45, 7) is 3.55. The van der Waals surface area contributed by atoms with Crippen molar-refractivity contribution in [3.05, 3.63) is 53.1 Å². The van der Waals surface area contributed by atoms with Gasteiger partial charge < -0.3 is 14.4 Å². The van der Waals surface area contributed by atoms with Gasteiger partial charge in [-0.1, -0.05) is 6.07 Å². The lowest BCUT2D eigenvalue weighted by Crippen LogP contribution is -2.41. The Morgan fingerprint density at radius 1 is 1.13 bits per heavy atom. The van der Waals surface area contributed by atoms with Gasteiger partial charge in [0.15, 0.2) is 0 Å². The van der Waals surface area contributed by atoms with E-state index in [-0.39, 0.29) is 22.1 Å². The minimum atomic E-state index is -4.00. The minimum Gasteiger partial charge on any atom is -0.465 e. The van der Waals surface area contributed by atoms with Crippen molar-refractivity contribution in [1.82, 2.24) is 4.90 Å². The van der Waals surface area contributed by atoms with Gasteiger partial charge >= 0.3 is 5.97 Å². The van der Waals surface area contributed by atoms with E-state index in [1.165, 1.54) is 37.1 Å². The number of morpholine rings is 1. The summed E-state index contributed by atoms with van der Waals surface area (Å²) in [5.74, 6) is -0.795. The summed E-state index contributed by atoms with van der Waals surface area (Å²) in [6.07, 6.45) is 1.83. The van der Waals surface area contributed by atoms with Crippen LogP contribution in [0.4, 0.5) is 5.69 Å². The van der Waals surface area contributed by atoms with Crippen molar-refractivity contribution in [2.75, 3.05) is 44.4 Å². The predicted octanol–water partition coefficient (Wildman–Crippen LogP) is 2.78. The monoisotopic (exact) mass is 464 g/mol. The number of nitrogens with one attached hydrogen (secondary N) is 1. The lowest BCUT2D eigenvalue weighted by atomic mass is 10.1. The molecule has 0 unspecified atom stereocenters. The third-order valence-corrected chi connectivity index (χ3v) is 7.07. The van der Waals surface area contributed by atoms with E-state index in [4.69, 9.17) is 9.47 Å². The Morgan fingerprint density at radius 2 is 1.84 bits per heavy atom. The number of rotatable bonds is 6. The zero-order chi connectivity index (χ0) is 22.6. The van der Waals surface area contributed by atoms with Crippen molar-refractivity contribution in [1.29, 1.82) is 0 Å². The summed E-state index contributed by atoms with van der Waals surface area (Å²) in [6, 6.07) is 9.11. The first-order valence-electron chi connectivity index (χ1n) is 9.53. The maximum atomic E-state index is 13.1. The molecule has 10 heteroatoms. The number of nitrogens with zero attached hydrogens (tertiary/aromatic N) is 1. The summed E-state index contributed by atoms with van der Waals surface area (Å²) >= 11 is 1.38. The molecule has 0 atom stereocenters. The van der Waals surface area contributed by atoms with Crippen molar-refractivity contribution in [2.24, 2.45) is 0 Å². The van der Waals surface area contributed by atoms with Crippen LogP contribution >= 0.6 is 11.8 Å². The molecule has 0 aromatic heterocycles. The van der Waals surface area contributed by atoms with Gasteiger partial charge in [0.1, 0.15) is 0 Å². The molecule has 166 valence electrons. The van der Waals surface area contributed by atoms with Crippen molar-refractivity contribution >= 4 is 39.3 Å². The Morgan fingerprint density at radius 3 is 2.48 bits per heavy atom. The molecule has 1 amide bonds. The number of amides is 1. The molecule has 2 aromatic carbocycles. The average molecular weight is 465 g/mol. The van der Waals surface area contributed by atoms with Gasteiger partial charge in [-0.25, -0.2) is 13.2 Å². The van der Waals surface area contributed by atoms with Crippen LogP contribution < -0.4 is 4.72 Å². The summed E-state index contributed by atoms with van der Waals surface area (Å²) in [4.78, 5) is 27.1. The summed E-state index contributed by atoms with van der Waals surface area (Å²) < 4.78 is 38.7. The van der Waals surface area contributed by atoms with Crippen LogP contribution in [0.3, 0.4) is 0 Å². The molecule has 3 rings (SSSR count). The highest BCUT2D eigenvalue weighted by Crippen LogP contribution is 2.27. The lowest BCUT2D eigenvalue weighted by Gasteiger charge is -2.27. The fourth-order valence-corrected chi connectivity index (χ4v) is 4.86. The van der Waals surface area contributed by atoms with Crippen LogP contribution in [0.1, 0.15) is 26.3 Å². The van der Waals surface area contributed by atoms with Gasteiger partial charge in [-0.3, -0.25) is 9.52 Å². The number of anilines is 1. The maximum Gasteiger partial charge on any atom is 0.337 e. The molecular formula is C21H24N2O6S2. The Labute approximate surface area is 186 Å². The molecule has 0 spiro atoms. The SMILES string of the molecule is COC(=O)c1ccc(C)c(NS(=O)(=O)c2ccc(SC)c(C(=O)N3CCOCC3)c2)c1. The Kier molecular flexibility index (Phi) is 7.24. The molecule has 1 N–H and O–H groups in total. The summed E-state index contributed by atoms with van der Waals surface area (Å²) in [5, 5.41) is 0. The number of benzene rings is 2. The molecule has 1 aliphatic rings. The van der Waals surface area contributed by atoms with E-state index < -0.39 is 16.0 Å². The molecule has 1 fully saturated rings.